The van der Waals surface area contributed by atoms with Crippen LogP contribution in [0.25, 0.3) is 0 Å². The Balaban J connectivity index is -0.000000202. The van der Waals surface area contributed by atoms with Crippen molar-refractivity contribution >= 4 is 101 Å². The summed E-state index contributed by atoms with van der Waals surface area (Å²) in [4.78, 5) is 20.5. The monoisotopic (exact) mass is 248 g/mol. The van der Waals surface area contributed by atoms with Gasteiger partial charge in [-0.25, -0.2) is 0 Å². The first-order valence-corrected chi connectivity index (χ1v) is 3.46. The molecule has 1 atom stereocenters. The summed E-state index contributed by atoms with van der Waals surface area (Å²) in [7, 11) is 0. The van der Waals surface area contributed by atoms with Crippen molar-refractivity contribution < 1.29 is 19.8 Å². The van der Waals surface area contributed by atoms with E-state index in [1.54, 1.807) is 0 Å². The molecule has 1 unspecified atom stereocenters. The summed E-state index contributed by atoms with van der Waals surface area (Å²) >= 11 is 0. The molecule has 76 valence electrons. The van der Waals surface area contributed by atoms with Gasteiger partial charge in [-0.3, -0.25) is 9.59 Å². The molecule has 0 aliphatic carbocycles. The van der Waals surface area contributed by atoms with Gasteiger partial charge in [0.15, 0.2) is 0 Å². The fraction of sp³-hybridized carbons (Fsp3) is 0.667. The molecule has 0 aromatic heterocycles. The maximum atomic E-state index is 10.4. The normalized spacial score (nSPS) is 9.93. The van der Waals surface area contributed by atoms with E-state index in [9.17, 15) is 9.59 Å². The molecule has 9 heteroatoms. The van der Waals surface area contributed by atoms with Crippen LogP contribution in [0.3, 0.4) is 0 Å². The number of hydrogen-bond donors (Lipinski definition) is 4. The maximum absolute atomic E-state index is 10.4. The minimum atomic E-state index is -1.18. The first-order valence-electron chi connectivity index (χ1n) is 3.46. The Hall–Kier alpha value is 1.86. The van der Waals surface area contributed by atoms with E-state index in [1.165, 1.54) is 0 Å². The van der Waals surface area contributed by atoms with E-state index in [0.29, 0.717) is 6.54 Å². The van der Waals surface area contributed by atoms with Crippen molar-refractivity contribution in [2.24, 2.45) is 5.73 Å². The van der Waals surface area contributed by atoms with Gasteiger partial charge in [0.25, 0.3) is 0 Å². The van der Waals surface area contributed by atoms with Gasteiger partial charge in [0.2, 0.25) is 0 Å². The molecule has 0 saturated heterocycles. The van der Waals surface area contributed by atoms with Crippen molar-refractivity contribution in [3.8, 4) is 0 Å². The molecule has 0 saturated carbocycles. The van der Waals surface area contributed by atoms with Gasteiger partial charge in [0.1, 0.15) is 6.04 Å². The number of hydrogen-bond acceptors (Lipinski definition) is 4. The molecule has 6 nitrogen and oxygen atoms in total. The number of carboxylic acid groups (broad SMARTS) is 2. The van der Waals surface area contributed by atoms with E-state index < -0.39 is 24.4 Å². The van der Waals surface area contributed by atoms with Gasteiger partial charge in [0.05, 0.1) is 6.42 Å². The predicted octanol–water partition coefficient (Wildman–Crippen LogP) is -3.48. The van der Waals surface area contributed by atoms with Crippen LogP contribution in [-0.4, -0.2) is 130 Å². The quantitative estimate of drug-likeness (QED) is 0.363. The van der Waals surface area contributed by atoms with Gasteiger partial charge >= 0.3 is 101 Å². The average Bonchev–Trinajstić information content (AvgIpc) is 1.96. The van der Waals surface area contributed by atoms with Crippen molar-refractivity contribution in [2.75, 3.05) is 13.1 Å². The van der Waals surface area contributed by atoms with Crippen LogP contribution in [0.15, 0.2) is 0 Å². The Morgan fingerprint density at radius 2 is 1.67 bits per heavy atom. The third-order valence-electron chi connectivity index (χ3n) is 1.21. The Morgan fingerprint density at radius 1 is 1.20 bits per heavy atom. The van der Waals surface area contributed by atoms with Crippen LogP contribution in [0.5, 0.6) is 0 Å². The molecular formula is C6H15N2Na3O4. The Morgan fingerprint density at radius 3 is 1.93 bits per heavy atom. The molecule has 5 N–H and O–H groups in total. The summed E-state index contributed by atoms with van der Waals surface area (Å²) in [5.41, 5.74) is 5.10. The zero-order valence-corrected chi connectivity index (χ0v) is 6.49. The van der Waals surface area contributed by atoms with Gasteiger partial charge in [-0.2, -0.15) is 0 Å². The van der Waals surface area contributed by atoms with Crippen LogP contribution in [0, 0.1) is 0 Å². The fourth-order valence-electron chi connectivity index (χ4n) is 0.679. The molecule has 0 heterocycles. The molecule has 0 fully saturated rings. The van der Waals surface area contributed by atoms with Gasteiger partial charge in [-0.15, -0.1) is 0 Å². The second-order valence-corrected chi connectivity index (χ2v) is 2.23. The summed E-state index contributed by atoms with van der Waals surface area (Å²) in [6.07, 6.45) is -0.435. The van der Waals surface area contributed by atoms with Crippen molar-refractivity contribution in [2.45, 2.75) is 12.5 Å². The minimum absolute atomic E-state index is 0. The van der Waals surface area contributed by atoms with Gasteiger partial charge in [-0.05, 0) is 0 Å². The van der Waals surface area contributed by atoms with Crippen LogP contribution < -0.4 is 11.1 Å². The molecule has 0 spiro atoms. The average molecular weight is 248 g/mol. The number of nitrogens with two attached hydrogens (primary N) is 1. The molecule has 0 aromatic rings. The molecule has 0 rings (SSSR count). The number of carboxylic acids is 2. The fourth-order valence-corrected chi connectivity index (χ4v) is 0.679. The number of carbonyl (C=O) groups is 2. The molecule has 0 aromatic carbocycles. The second-order valence-electron chi connectivity index (χ2n) is 2.23. The van der Waals surface area contributed by atoms with E-state index in [4.69, 9.17) is 15.9 Å². The van der Waals surface area contributed by atoms with Crippen molar-refractivity contribution in [1.82, 2.24) is 5.32 Å². The van der Waals surface area contributed by atoms with Gasteiger partial charge in [-0.1, -0.05) is 0 Å². The molecule has 0 radical (unpaired) electrons. The topological polar surface area (TPSA) is 113 Å². The first kappa shape index (κ1) is 25.6. The van der Waals surface area contributed by atoms with Gasteiger partial charge < -0.3 is 21.3 Å². The molecule has 0 amide bonds. The van der Waals surface area contributed by atoms with Crippen LogP contribution in [0.1, 0.15) is 6.42 Å². The van der Waals surface area contributed by atoms with E-state index >= 15 is 0 Å². The van der Waals surface area contributed by atoms with Crippen LogP contribution in [0.4, 0.5) is 0 Å². The summed E-state index contributed by atoms with van der Waals surface area (Å²) in [6, 6.07) is -1.05. The van der Waals surface area contributed by atoms with Crippen LogP contribution >= 0.6 is 0 Å². The molecule has 15 heavy (non-hydrogen) atoms. The molecular weight excluding hydrogens is 233 g/mol. The molecule has 0 aliphatic heterocycles. The second kappa shape index (κ2) is 15.9. The third-order valence-corrected chi connectivity index (χ3v) is 1.21. The predicted molar refractivity (Wildman–Crippen MR) is 62.2 cm³/mol. The first-order chi connectivity index (χ1) is 5.57. The van der Waals surface area contributed by atoms with E-state index in [1.807, 2.05) is 0 Å². The van der Waals surface area contributed by atoms with Crippen LogP contribution in [-0.2, 0) is 9.59 Å². The summed E-state index contributed by atoms with van der Waals surface area (Å²) < 4.78 is 0. The SMILES string of the molecule is NCCNC(CC(=O)O)C(=O)O.[NaH].[NaH].[NaH]. The zero-order chi connectivity index (χ0) is 9.56. The van der Waals surface area contributed by atoms with E-state index in [2.05, 4.69) is 5.32 Å². The zero-order valence-electron chi connectivity index (χ0n) is 6.49. The summed E-state index contributed by atoms with van der Waals surface area (Å²) in [5.74, 6) is -2.32. The molecule has 0 aliphatic rings. The number of aliphatic carboxylic acids is 2. The van der Waals surface area contributed by atoms with E-state index in [-0.39, 0.29) is 95.2 Å². The Labute approximate surface area is 155 Å². The summed E-state index contributed by atoms with van der Waals surface area (Å²) in [5, 5.41) is 19.3. The number of nitrogens with one attached hydrogen (secondary N) is 1. The summed E-state index contributed by atoms with van der Waals surface area (Å²) in [6.45, 7) is 0.577. The Kier molecular flexibility index (Phi) is 27.1. The standard InChI is InChI=1S/C6H12N2O4.3Na.3H/c7-1-2-8-4(6(11)12)3-5(9)10;;;;;;/h4,8H,1-3,7H2,(H,9,10)(H,11,12);;;;;;. The van der Waals surface area contributed by atoms with E-state index in [0.717, 1.165) is 0 Å². The molecule has 0 bridgehead atoms. The van der Waals surface area contributed by atoms with Crippen molar-refractivity contribution in [3.05, 3.63) is 0 Å². The third kappa shape index (κ3) is 15.9. The number of rotatable bonds is 6. The Bertz CT molecular complexity index is 182. The van der Waals surface area contributed by atoms with Gasteiger partial charge in [0, 0.05) is 13.1 Å². The van der Waals surface area contributed by atoms with Crippen molar-refractivity contribution in [1.29, 1.82) is 0 Å². The van der Waals surface area contributed by atoms with Crippen molar-refractivity contribution in [3.63, 3.8) is 0 Å². The van der Waals surface area contributed by atoms with Crippen LogP contribution in [0.2, 0.25) is 0 Å².